The van der Waals surface area contributed by atoms with Gasteiger partial charge in [0.05, 0.1) is 17.1 Å². The van der Waals surface area contributed by atoms with E-state index in [1.165, 1.54) is 37.1 Å². The molecule has 2 rings (SSSR count). The fraction of sp³-hybridized carbons (Fsp3) is 0.769. The molecule has 0 spiro atoms. The number of aromatic nitrogens is 2. The van der Waals surface area contributed by atoms with E-state index in [1.54, 1.807) is 0 Å². The van der Waals surface area contributed by atoms with Crippen molar-refractivity contribution in [1.29, 1.82) is 0 Å². The molecule has 1 aromatic rings. The van der Waals surface area contributed by atoms with Crippen LogP contribution in [0.15, 0.2) is 0 Å². The minimum Gasteiger partial charge on any atom is -0.379 e. The van der Waals surface area contributed by atoms with Crippen LogP contribution in [0.5, 0.6) is 0 Å². The van der Waals surface area contributed by atoms with Gasteiger partial charge >= 0.3 is 0 Å². The third kappa shape index (κ3) is 2.23. The Morgan fingerprint density at radius 1 is 1.19 bits per heavy atom. The molecule has 3 heteroatoms. The second kappa shape index (κ2) is 4.48. The van der Waals surface area contributed by atoms with E-state index in [9.17, 15) is 0 Å². The van der Waals surface area contributed by atoms with E-state index in [4.69, 9.17) is 0 Å². The van der Waals surface area contributed by atoms with Crippen LogP contribution in [-0.2, 0) is 7.05 Å². The third-order valence-electron chi connectivity index (χ3n) is 3.87. The Balaban J connectivity index is 2.03. The van der Waals surface area contributed by atoms with E-state index in [0.29, 0.717) is 6.04 Å². The van der Waals surface area contributed by atoms with Crippen molar-refractivity contribution in [3.05, 3.63) is 11.4 Å². The van der Waals surface area contributed by atoms with Gasteiger partial charge in [-0.2, -0.15) is 5.10 Å². The fourth-order valence-electron chi connectivity index (χ4n) is 2.59. The van der Waals surface area contributed by atoms with Gasteiger partial charge in [0.1, 0.15) is 0 Å². The van der Waals surface area contributed by atoms with Crippen LogP contribution in [0.2, 0.25) is 0 Å². The Labute approximate surface area is 98.2 Å². The van der Waals surface area contributed by atoms with Gasteiger partial charge in [0.15, 0.2) is 0 Å². The van der Waals surface area contributed by atoms with Crippen molar-refractivity contribution in [2.75, 3.05) is 5.32 Å². The van der Waals surface area contributed by atoms with Crippen molar-refractivity contribution < 1.29 is 0 Å². The second-order valence-corrected chi connectivity index (χ2v) is 5.27. The van der Waals surface area contributed by atoms with Gasteiger partial charge < -0.3 is 5.32 Å². The Kier molecular flexibility index (Phi) is 3.22. The number of hydrogen-bond donors (Lipinski definition) is 1. The highest BCUT2D eigenvalue weighted by atomic mass is 15.3. The molecule has 1 heterocycles. The summed E-state index contributed by atoms with van der Waals surface area (Å²) in [6.45, 7) is 6.57. The predicted molar refractivity (Wildman–Crippen MR) is 67.7 cm³/mol. The first kappa shape index (κ1) is 11.5. The number of nitrogens with one attached hydrogen (secondary N) is 1. The van der Waals surface area contributed by atoms with Crippen LogP contribution < -0.4 is 5.32 Å². The summed E-state index contributed by atoms with van der Waals surface area (Å²) in [5, 5.41) is 8.12. The minimum absolute atomic E-state index is 0.651. The first-order valence-electron chi connectivity index (χ1n) is 6.34. The van der Waals surface area contributed by atoms with Gasteiger partial charge in [0.2, 0.25) is 0 Å². The topological polar surface area (TPSA) is 29.9 Å². The standard InChI is InChI=1S/C13H23N3/c1-9-5-7-12(8-6-9)14-13-10(2)15-16(4)11(13)3/h9,12,14H,5-8H2,1-4H3. The number of rotatable bonds is 2. The van der Waals surface area contributed by atoms with E-state index in [-0.39, 0.29) is 0 Å². The molecule has 0 unspecified atom stereocenters. The summed E-state index contributed by atoms with van der Waals surface area (Å²) < 4.78 is 1.96. The third-order valence-corrected chi connectivity index (χ3v) is 3.87. The first-order valence-corrected chi connectivity index (χ1v) is 6.34. The van der Waals surface area contributed by atoms with Crippen molar-refractivity contribution in [2.45, 2.75) is 52.5 Å². The van der Waals surface area contributed by atoms with Crippen LogP contribution in [0.25, 0.3) is 0 Å². The molecule has 1 aliphatic rings. The molecule has 0 aliphatic heterocycles. The van der Waals surface area contributed by atoms with Gasteiger partial charge in [-0.1, -0.05) is 6.92 Å². The average molecular weight is 221 g/mol. The van der Waals surface area contributed by atoms with Gasteiger partial charge in [-0.25, -0.2) is 0 Å². The second-order valence-electron chi connectivity index (χ2n) is 5.27. The zero-order chi connectivity index (χ0) is 11.7. The maximum absolute atomic E-state index is 4.45. The molecule has 1 aliphatic carbocycles. The molecule has 3 nitrogen and oxygen atoms in total. The smallest absolute Gasteiger partial charge is 0.0827 e. The summed E-state index contributed by atoms with van der Waals surface area (Å²) in [6.07, 6.45) is 5.32. The largest absolute Gasteiger partial charge is 0.379 e. The van der Waals surface area contributed by atoms with E-state index in [2.05, 4.69) is 31.2 Å². The van der Waals surface area contributed by atoms with Crippen molar-refractivity contribution in [1.82, 2.24) is 9.78 Å². The molecule has 1 fully saturated rings. The SMILES string of the molecule is Cc1nn(C)c(C)c1NC1CCC(C)CC1. The molecule has 0 saturated heterocycles. The molecule has 1 saturated carbocycles. The maximum Gasteiger partial charge on any atom is 0.0827 e. The van der Waals surface area contributed by atoms with Gasteiger partial charge in [-0.05, 0) is 45.4 Å². The van der Waals surface area contributed by atoms with E-state index >= 15 is 0 Å². The number of hydrogen-bond acceptors (Lipinski definition) is 2. The van der Waals surface area contributed by atoms with Crippen LogP contribution in [0.4, 0.5) is 5.69 Å². The molecule has 16 heavy (non-hydrogen) atoms. The zero-order valence-corrected chi connectivity index (χ0v) is 10.9. The Morgan fingerprint density at radius 3 is 2.31 bits per heavy atom. The zero-order valence-electron chi connectivity index (χ0n) is 10.9. The Hall–Kier alpha value is -0.990. The van der Waals surface area contributed by atoms with Crippen molar-refractivity contribution in [2.24, 2.45) is 13.0 Å². The first-order chi connectivity index (χ1) is 7.58. The monoisotopic (exact) mass is 221 g/mol. The normalized spacial score (nSPS) is 25.8. The van der Waals surface area contributed by atoms with Crippen molar-refractivity contribution in [3.63, 3.8) is 0 Å². The van der Waals surface area contributed by atoms with E-state index in [1.807, 2.05) is 11.7 Å². The molecule has 1 N–H and O–H groups in total. The molecular formula is C13H23N3. The Morgan fingerprint density at radius 2 is 1.81 bits per heavy atom. The lowest BCUT2D eigenvalue weighted by atomic mass is 9.87. The molecule has 90 valence electrons. The predicted octanol–water partition coefficient (Wildman–Crippen LogP) is 3.03. The number of anilines is 1. The summed E-state index contributed by atoms with van der Waals surface area (Å²) in [4.78, 5) is 0. The van der Waals surface area contributed by atoms with E-state index in [0.717, 1.165) is 11.6 Å². The van der Waals surface area contributed by atoms with Crippen LogP contribution >= 0.6 is 0 Å². The van der Waals surface area contributed by atoms with Crippen LogP contribution in [0, 0.1) is 19.8 Å². The van der Waals surface area contributed by atoms with Gasteiger partial charge in [-0.15, -0.1) is 0 Å². The summed E-state index contributed by atoms with van der Waals surface area (Å²) in [7, 11) is 2.01. The highest BCUT2D eigenvalue weighted by Gasteiger charge is 2.20. The lowest BCUT2D eigenvalue weighted by Gasteiger charge is -2.27. The lowest BCUT2D eigenvalue weighted by molar-refractivity contribution is 0.361. The molecular weight excluding hydrogens is 198 g/mol. The summed E-state index contributed by atoms with van der Waals surface area (Å²) >= 11 is 0. The van der Waals surface area contributed by atoms with Crippen molar-refractivity contribution >= 4 is 5.69 Å². The number of nitrogens with zero attached hydrogens (tertiary/aromatic N) is 2. The Bertz CT molecular complexity index is 359. The quantitative estimate of drug-likeness (QED) is 0.832. The number of aryl methyl sites for hydroxylation is 2. The summed E-state index contributed by atoms with van der Waals surface area (Å²) in [5.41, 5.74) is 3.62. The summed E-state index contributed by atoms with van der Waals surface area (Å²) in [5.74, 6) is 0.911. The molecule has 0 amide bonds. The fourth-order valence-corrected chi connectivity index (χ4v) is 2.59. The molecule has 0 aromatic carbocycles. The highest BCUT2D eigenvalue weighted by Crippen LogP contribution is 2.28. The van der Waals surface area contributed by atoms with Crippen LogP contribution in [-0.4, -0.2) is 15.8 Å². The molecule has 0 radical (unpaired) electrons. The molecule has 0 atom stereocenters. The average Bonchev–Trinajstić information content (AvgIpc) is 2.48. The van der Waals surface area contributed by atoms with E-state index < -0.39 is 0 Å². The van der Waals surface area contributed by atoms with Crippen molar-refractivity contribution in [3.8, 4) is 0 Å². The van der Waals surface area contributed by atoms with Crippen LogP contribution in [0.1, 0.15) is 44.0 Å². The van der Waals surface area contributed by atoms with Gasteiger partial charge in [0.25, 0.3) is 0 Å². The highest BCUT2D eigenvalue weighted by molar-refractivity contribution is 5.52. The summed E-state index contributed by atoms with van der Waals surface area (Å²) in [6, 6.07) is 0.651. The van der Waals surface area contributed by atoms with Gasteiger partial charge in [0, 0.05) is 13.1 Å². The maximum atomic E-state index is 4.45. The van der Waals surface area contributed by atoms with Gasteiger partial charge in [-0.3, -0.25) is 4.68 Å². The molecule has 1 aromatic heterocycles. The molecule has 0 bridgehead atoms. The minimum atomic E-state index is 0.651. The van der Waals surface area contributed by atoms with Crippen LogP contribution in [0.3, 0.4) is 0 Å². The lowest BCUT2D eigenvalue weighted by Crippen LogP contribution is -2.25.